The number of ether oxygens (including phenoxy) is 1. The van der Waals surface area contributed by atoms with Crippen LogP contribution >= 0.6 is 23.4 Å². The van der Waals surface area contributed by atoms with E-state index in [9.17, 15) is 5.11 Å². The molecule has 0 bridgehead atoms. The van der Waals surface area contributed by atoms with Gasteiger partial charge in [0.05, 0.1) is 12.7 Å². The monoisotopic (exact) mass is 270 g/mol. The fourth-order valence-corrected chi connectivity index (χ4v) is 4.24. The second-order valence-corrected chi connectivity index (χ2v) is 6.17. The topological polar surface area (TPSA) is 29.5 Å². The Bertz CT molecular complexity index is 461. The Morgan fingerprint density at radius 1 is 1.59 bits per heavy atom. The van der Waals surface area contributed by atoms with Gasteiger partial charge >= 0.3 is 0 Å². The summed E-state index contributed by atoms with van der Waals surface area (Å²) in [6.07, 6.45) is 1.43. The van der Waals surface area contributed by atoms with Crippen LogP contribution in [0.15, 0.2) is 6.07 Å². The summed E-state index contributed by atoms with van der Waals surface area (Å²) in [5.41, 5.74) is 3.21. The first-order valence-electron chi connectivity index (χ1n) is 5.99. The van der Waals surface area contributed by atoms with Gasteiger partial charge in [0.15, 0.2) is 0 Å². The molecule has 0 amide bonds. The molecule has 2 aliphatic rings. The molecular weight excluding hydrogens is 256 g/mol. The van der Waals surface area contributed by atoms with E-state index in [-0.39, 0.29) is 5.25 Å². The van der Waals surface area contributed by atoms with Crippen molar-refractivity contribution in [3.63, 3.8) is 0 Å². The van der Waals surface area contributed by atoms with E-state index in [2.05, 4.69) is 6.92 Å². The molecule has 2 aliphatic heterocycles. The maximum Gasteiger partial charge on any atom is 0.127 e. The molecule has 0 aliphatic carbocycles. The van der Waals surface area contributed by atoms with E-state index >= 15 is 0 Å². The average molecular weight is 271 g/mol. The summed E-state index contributed by atoms with van der Waals surface area (Å²) >= 11 is 8.12. The molecule has 1 aromatic carbocycles. The number of hydrogen-bond donors (Lipinski definition) is 1. The zero-order chi connectivity index (χ0) is 12.0. The molecule has 3 rings (SSSR count). The van der Waals surface area contributed by atoms with Crippen LogP contribution in [0.1, 0.15) is 36.1 Å². The molecule has 0 saturated carbocycles. The van der Waals surface area contributed by atoms with E-state index < -0.39 is 6.10 Å². The summed E-state index contributed by atoms with van der Waals surface area (Å²) in [6, 6.07) is 1.97. The molecule has 2 heterocycles. The molecule has 1 N–H and O–H groups in total. The molecule has 1 aromatic rings. The van der Waals surface area contributed by atoms with E-state index in [1.165, 1.54) is 5.56 Å². The first-order valence-corrected chi connectivity index (χ1v) is 7.41. The van der Waals surface area contributed by atoms with Crippen molar-refractivity contribution in [1.29, 1.82) is 0 Å². The van der Waals surface area contributed by atoms with E-state index in [0.29, 0.717) is 5.02 Å². The third-order valence-electron chi connectivity index (χ3n) is 3.56. The molecule has 92 valence electrons. The van der Waals surface area contributed by atoms with Crippen molar-refractivity contribution in [3.8, 4) is 5.75 Å². The summed E-state index contributed by atoms with van der Waals surface area (Å²) in [4.78, 5) is 0. The van der Waals surface area contributed by atoms with Gasteiger partial charge in [0, 0.05) is 33.6 Å². The standard InChI is InChI=1S/C13H15ClO2S/c1-2-10-12(15)11-8(6-17-10)13-7(3-4-16-13)5-9(11)14/h5,10,12,15H,2-4,6H2,1H3. The van der Waals surface area contributed by atoms with Crippen molar-refractivity contribution in [2.24, 2.45) is 0 Å². The lowest BCUT2D eigenvalue weighted by molar-refractivity contribution is 0.169. The Kier molecular flexibility index (Phi) is 3.01. The Morgan fingerprint density at radius 2 is 2.41 bits per heavy atom. The van der Waals surface area contributed by atoms with Gasteiger partial charge in [-0.3, -0.25) is 0 Å². The quantitative estimate of drug-likeness (QED) is 0.849. The lowest BCUT2D eigenvalue weighted by Gasteiger charge is -2.30. The molecule has 0 saturated heterocycles. The minimum atomic E-state index is -0.462. The number of hydrogen-bond acceptors (Lipinski definition) is 3. The van der Waals surface area contributed by atoms with Gasteiger partial charge in [0.1, 0.15) is 5.75 Å². The first-order chi connectivity index (χ1) is 8.22. The Labute approximate surface area is 110 Å². The third kappa shape index (κ3) is 1.76. The van der Waals surface area contributed by atoms with E-state index in [0.717, 1.165) is 42.1 Å². The van der Waals surface area contributed by atoms with Gasteiger partial charge in [0.25, 0.3) is 0 Å². The van der Waals surface area contributed by atoms with Gasteiger partial charge < -0.3 is 9.84 Å². The SMILES string of the molecule is CCC1SCc2c3c(cc(Cl)c2C1O)CCO3. The normalized spacial score (nSPS) is 26.3. The van der Waals surface area contributed by atoms with E-state index in [4.69, 9.17) is 16.3 Å². The van der Waals surface area contributed by atoms with E-state index in [1.54, 1.807) is 11.8 Å². The Hall–Kier alpha value is -0.380. The highest BCUT2D eigenvalue weighted by atomic mass is 35.5. The third-order valence-corrected chi connectivity index (χ3v) is 5.35. The predicted octanol–water partition coefficient (Wildman–Crippen LogP) is 3.33. The summed E-state index contributed by atoms with van der Waals surface area (Å²) in [7, 11) is 0. The van der Waals surface area contributed by atoms with Crippen molar-refractivity contribution in [1.82, 2.24) is 0 Å². The summed E-state index contributed by atoms with van der Waals surface area (Å²) < 4.78 is 5.69. The summed E-state index contributed by atoms with van der Waals surface area (Å²) in [5.74, 6) is 1.87. The minimum Gasteiger partial charge on any atom is -0.493 e. The van der Waals surface area contributed by atoms with Crippen molar-refractivity contribution >= 4 is 23.4 Å². The number of aliphatic hydroxyl groups is 1. The second-order valence-electron chi connectivity index (χ2n) is 4.54. The number of thioether (sulfide) groups is 1. The summed E-state index contributed by atoms with van der Waals surface area (Å²) in [5, 5.41) is 11.3. The lowest BCUT2D eigenvalue weighted by Crippen LogP contribution is -2.21. The minimum absolute atomic E-state index is 0.249. The highest BCUT2D eigenvalue weighted by Crippen LogP contribution is 2.48. The van der Waals surface area contributed by atoms with Gasteiger partial charge in [-0.05, 0) is 18.1 Å². The van der Waals surface area contributed by atoms with Crippen molar-refractivity contribution in [2.75, 3.05) is 6.61 Å². The number of halogens is 1. The number of benzene rings is 1. The van der Waals surface area contributed by atoms with Crippen LogP contribution in [0, 0.1) is 0 Å². The van der Waals surface area contributed by atoms with Crippen molar-refractivity contribution < 1.29 is 9.84 Å². The first kappa shape index (κ1) is 11.7. The van der Waals surface area contributed by atoms with Crippen LogP contribution in [0.5, 0.6) is 5.75 Å². The molecule has 2 atom stereocenters. The van der Waals surface area contributed by atoms with Crippen molar-refractivity contribution in [2.45, 2.75) is 36.9 Å². The molecule has 0 aromatic heterocycles. The number of aliphatic hydroxyl groups excluding tert-OH is 1. The molecule has 2 nitrogen and oxygen atoms in total. The van der Waals surface area contributed by atoms with E-state index in [1.807, 2.05) is 6.07 Å². The van der Waals surface area contributed by atoms with Crippen LogP contribution in [-0.2, 0) is 12.2 Å². The highest BCUT2D eigenvalue weighted by molar-refractivity contribution is 7.99. The summed E-state index contributed by atoms with van der Waals surface area (Å²) in [6.45, 7) is 2.84. The zero-order valence-electron chi connectivity index (χ0n) is 9.70. The van der Waals surface area contributed by atoms with Gasteiger partial charge in [-0.25, -0.2) is 0 Å². The maximum atomic E-state index is 10.4. The molecule has 0 fully saturated rings. The Morgan fingerprint density at radius 3 is 3.18 bits per heavy atom. The zero-order valence-corrected chi connectivity index (χ0v) is 11.3. The fraction of sp³-hybridized carbons (Fsp3) is 0.538. The molecule has 17 heavy (non-hydrogen) atoms. The Balaban J connectivity index is 2.14. The van der Waals surface area contributed by atoms with Crippen LogP contribution in [0.2, 0.25) is 5.02 Å². The molecule has 2 unspecified atom stereocenters. The van der Waals surface area contributed by atoms with Crippen LogP contribution in [0.4, 0.5) is 0 Å². The predicted molar refractivity (Wildman–Crippen MR) is 71.0 cm³/mol. The number of fused-ring (bicyclic) bond motifs is 3. The second kappa shape index (κ2) is 4.38. The lowest BCUT2D eigenvalue weighted by atomic mass is 9.95. The number of rotatable bonds is 1. The van der Waals surface area contributed by atoms with Gasteiger partial charge in [0.2, 0.25) is 0 Å². The average Bonchev–Trinajstić information content (AvgIpc) is 2.77. The highest BCUT2D eigenvalue weighted by Gasteiger charge is 2.33. The smallest absolute Gasteiger partial charge is 0.127 e. The molecule has 0 radical (unpaired) electrons. The van der Waals surface area contributed by atoms with Crippen LogP contribution in [-0.4, -0.2) is 17.0 Å². The molecular formula is C13H15ClO2S. The van der Waals surface area contributed by atoms with Gasteiger partial charge in [-0.15, -0.1) is 0 Å². The van der Waals surface area contributed by atoms with Gasteiger partial charge in [-0.2, -0.15) is 11.8 Å². The largest absolute Gasteiger partial charge is 0.493 e. The molecule has 4 heteroatoms. The van der Waals surface area contributed by atoms with Crippen LogP contribution < -0.4 is 4.74 Å². The van der Waals surface area contributed by atoms with Crippen LogP contribution in [0.25, 0.3) is 0 Å². The fourth-order valence-electron chi connectivity index (χ4n) is 2.66. The maximum absolute atomic E-state index is 10.4. The van der Waals surface area contributed by atoms with Gasteiger partial charge in [-0.1, -0.05) is 18.5 Å². The van der Waals surface area contributed by atoms with Crippen LogP contribution in [0.3, 0.4) is 0 Å². The molecule has 0 spiro atoms. The van der Waals surface area contributed by atoms with Crippen molar-refractivity contribution in [3.05, 3.63) is 27.8 Å².